The Morgan fingerprint density at radius 2 is 1.82 bits per heavy atom. The fourth-order valence-electron chi connectivity index (χ4n) is 4.17. The number of anilines is 1. The topological polar surface area (TPSA) is 98.6 Å². The summed E-state index contributed by atoms with van der Waals surface area (Å²) in [7, 11) is -4.34. The van der Waals surface area contributed by atoms with Crippen LogP contribution in [-0.2, 0) is 21.0 Å². The summed E-state index contributed by atoms with van der Waals surface area (Å²) in [5, 5.41) is 9.06. The fourth-order valence-corrected chi connectivity index (χ4v) is 5.42. The monoisotopic (exact) mass is 509 g/mol. The second-order valence-electron chi connectivity index (χ2n) is 7.76. The number of halogens is 4. The minimum Gasteiger partial charge on any atom is -0.294 e. The van der Waals surface area contributed by atoms with Gasteiger partial charge in [0.2, 0.25) is 10.0 Å². The van der Waals surface area contributed by atoms with Crippen molar-refractivity contribution >= 4 is 39.1 Å². The third-order valence-corrected chi connectivity index (χ3v) is 6.98. The average Bonchev–Trinajstić information content (AvgIpc) is 3.12. The molecule has 1 aliphatic heterocycles. The van der Waals surface area contributed by atoms with Crippen molar-refractivity contribution in [2.75, 3.05) is 11.2 Å². The van der Waals surface area contributed by atoms with E-state index in [1.165, 1.54) is 24.3 Å². The van der Waals surface area contributed by atoms with Gasteiger partial charge < -0.3 is 0 Å². The summed E-state index contributed by atoms with van der Waals surface area (Å²) in [6.07, 6.45) is -3.98. The van der Waals surface area contributed by atoms with E-state index in [2.05, 4.69) is 0 Å². The van der Waals surface area contributed by atoms with Gasteiger partial charge in [0.1, 0.15) is 6.04 Å². The van der Waals surface area contributed by atoms with Crippen LogP contribution in [0.3, 0.4) is 0 Å². The first-order valence-corrected chi connectivity index (χ1v) is 12.0. The van der Waals surface area contributed by atoms with E-state index in [1.54, 1.807) is 0 Å². The molecule has 0 fully saturated rings. The van der Waals surface area contributed by atoms with Gasteiger partial charge in [-0.25, -0.2) is 17.5 Å². The molecule has 0 N–H and O–H groups in total. The Morgan fingerprint density at radius 3 is 2.41 bits per heavy atom. The Kier molecular flexibility index (Phi) is 5.70. The molecule has 34 heavy (non-hydrogen) atoms. The molecule has 2 aromatic carbocycles. The number of hydrogen-bond acceptors (Lipinski definition) is 5. The van der Waals surface area contributed by atoms with Crippen LogP contribution in [0.25, 0.3) is 0 Å². The molecule has 176 valence electrons. The van der Waals surface area contributed by atoms with Gasteiger partial charge in [-0.05, 0) is 42.3 Å². The van der Waals surface area contributed by atoms with Gasteiger partial charge in [0, 0.05) is 22.7 Å². The molecule has 1 heterocycles. The van der Waals surface area contributed by atoms with Crippen LogP contribution in [0.5, 0.6) is 0 Å². The fraction of sp³-hybridized carbons (Fsp3) is 0.227. The zero-order valence-corrected chi connectivity index (χ0v) is 19.0. The van der Waals surface area contributed by atoms with Crippen molar-refractivity contribution in [3.05, 3.63) is 75.4 Å². The molecular formula is C22H15ClF3N3O4S. The van der Waals surface area contributed by atoms with E-state index in [1.807, 2.05) is 6.07 Å². The second-order valence-corrected chi connectivity index (χ2v) is 10.0. The first-order valence-electron chi connectivity index (χ1n) is 9.81. The molecule has 0 aromatic heterocycles. The summed E-state index contributed by atoms with van der Waals surface area (Å²) in [4.78, 5) is 27.3. The third kappa shape index (κ3) is 3.93. The molecular weight excluding hydrogens is 495 g/mol. The molecule has 1 aliphatic carbocycles. The van der Waals surface area contributed by atoms with Gasteiger partial charge in [0.15, 0.2) is 5.78 Å². The van der Waals surface area contributed by atoms with E-state index in [0.29, 0.717) is 4.31 Å². The minimum atomic E-state index is -4.70. The lowest BCUT2D eigenvalue weighted by molar-refractivity contribution is -0.137. The van der Waals surface area contributed by atoms with Crippen molar-refractivity contribution in [1.29, 1.82) is 5.26 Å². The molecule has 0 spiro atoms. The van der Waals surface area contributed by atoms with Crippen LogP contribution in [0.2, 0.25) is 5.02 Å². The standard InChI is InChI=1S/C22H15ClF3N3O4S/c1-34(32,33)29-20(15-6-5-12(11-27)9-16(15)23)19-17(7-8-18(19)30)28(21(29)31)14-4-2-3-13(10-14)22(24,25)26/h2-6,9-10,20H,7-8H2,1H3. The maximum absolute atomic E-state index is 13.6. The Bertz CT molecular complexity index is 1410. The largest absolute Gasteiger partial charge is 0.416 e. The quantitative estimate of drug-likeness (QED) is 0.592. The maximum atomic E-state index is 13.6. The molecule has 0 saturated heterocycles. The van der Waals surface area contributed by atoms with E-state index in [0.717, 1.165) is 29.4 Å². The van der Waals surface area contributed by atoms with Crippen molar-refractivity contribution in [2.24, 2.45) is 0 Å². The van der Waals surface area contributed by atoms with Crippen molar-refractivity contribution < 1.29 is 31.2 Å². The van der Waals surface area contributed by atoms with Crippen LogP contribution in [0.15, 0.2) is 53.7 Å². The number of sulfonamides is 1. The molecule has 2 aromatic rings. The first-order chi connectivity index (χ1) is 15.8. The first kappa shape index (κ1) is 23.8. The second kappa shape index (κ2) is 8.14. The van der Waals surface area contributed by atoms with Gasteiger partial charge in [-0.3, -0.25) is 9.69 Å². The van der Waals surface area contributed by atoms with E-state index in [4.69, 9.17) is 16.9 Å². The highest BCUT2D eigenvalue weighted by Crippen LogP contribution is 2.47. The summed E-state index contributed by atoms with van der Waals surface area (Å²) in [5.74, 6) is -0.460. The third-order valence-electron chi connectivity index (χ3n) is 5.57. The van der Waals surface area contributed by atoms with Crippen LogP contribution in [0, 0.1) is 11.3 Å². The highest BCUT2D eigenvalue weighted by atomic mass is 35.5. The maximum Gasteiger partial charge on any atom is 0.416 e. The number of carbonyl (C=O) groups is 2. The van der Waals surface area contributed by atoms with Gasteiger partial charge in [-0.15, -0.1) is 0 Å². The number of rotatable bonds is 3. The summed E-state index contributed by atoms with van der Waals surface area (Å²) >= 11 is 6.31. The number of ketones is 1. The lowest BCUT2D eigenvalue weighted by atomic mass is 9.94. The van der Waals surface area contributed by atoms with Crippen LogP contribution >= 0.6 is 11.6 Å². The number of nitriles is 1. The van der Waals surface area contributed by atoms with Crippen molar-refractivity contribution in [1.82, 2.24) is 4.31 Å². The highest BCUT2D eigenvalue weighted by Gasteiger charge is 2.50. The lowest BCUT2D eigenvalue weighted by Gasteiger charge is -2.41. The molecule has 12 heteroatoms. The zero-order valence-electron chi connectivity index (χ0n) is 17.4. The predicted octanol–water partition coefficient (Wildman–Crippen LogP) is 4.79. The number of alkyl halides is 3. The summed E-state index contributed by atoms with van der Waals surface area (Å²) in [5.41, 5.74) is -0.911. The van der Waals surface area contributed by atoms with Gasteiger partial charge in [0.05, 0.1) is 29.1 Å². The molecule has 1 atom stereocenters. The number of carbonyl (C=O) groups excluding carboxylic acids is 2. The van der Waals surface area contributed by atoms with Gasteiger partial charge in [0.25, 0.3) is 0 Å². The Morgan fingerprint density at radius 1 is 1.12 bits per heavy atom. The Balaban J connectivity index is 1.99. The van der Waals surface area contributed by atoms with Gasteiger partial charge in [-0.1, -0.05) is 23.7 Å². The lowest BCUT2D eigenvalue weighted by Crippen LogP contribution is -2.52. The van der Waals surface area contributed by atoms with Gasteiger partial charge in [-0.2, -0.15) is 18.4 Å². The predicted molar refractivity (Wildman–Crippen MR) is 116 cm³/mol. The molecule has 7 nitrogen and oxygen atoms in total. The number of allylic oxidation sites excluding steroid dienone is 1. The van der Waals surface area contributed by atoms with Crippen molar-refractivity contribution in [2.45, 2.75) is 25.1 Å². The molecule has 0 bridgehead atoms. The number of urea groups is 1. The van der Waals surface area contributed by atoms with Crippen LogP contribution in [0.1, 0.15) is 35.6 Å². The number of benzene rings is 2. The van der Waals surface area contributed by atoms with Crippen LogP contribution < -0.4 is 4.90 Å². The molecule has 1 unspecified atom stereocenters. The van der Waals surface area contributed by atoms with E-state index in [-0.39, 0.29) is 45.9 Å². The summed E-state index contributed by atoms with van der Waals surface area (Å²) in [6.45, 7) is 0. The average molecular weight is 510 g/mol. The summed E-state index contributed by atoms with van der Waals surface area (Å²) < 4.78 is 65.9. The highest BCUT2D eigenvalue weighted by molar-refractivity contribution is 7.88. The minimum absolute atomic E-state index is 0.0259. The smallest absolute Gasteiger partial charge is 0.294 e. The normalized spacial score (nSPS) is 18.9. The number of nitrogens with zero attached hydrogens (tertiary/aromatic N) is 3. The summed E-state index contributed by atoms with van der Waals surface area (Å²) in [6, 6.07) is 7.20. The number of hydrogen-bond donors (Lipinski definition) is 0. The molecule has 4 rings (SSSR count). The Labute approximate surface area is 197 Å². The van der Waals surface area contributed by atoms with E-state index < -0.39 is 39.6 Å². The van der Waals surface area contributed by atoms with Crippen molar-refractivity contribution in [3.8, 4) is 6.07 Å². The SMILES string of the molecule is CS(=O)(=O)N1C(=O)N(c2cccc(C(F)(F)F)c2)C2=C(C(=O)CC2)C1c1ccc(C#N)cc1Cl. The van der Waals surface area contributed by atoms with Crippen LogP contribution in [0.4, 0.5) is 23.7 Å². The molecule has 2 amide bonds. The number of amides is 2. The molecule has 2 aliphatic rings. The zero-order chi connectivity index (χ0) is 25.0. The van der Waals surface area contributed by atoms with E-state index >= 15 is 0 Å². The van der Waals surface area contributed by atoms with Gasteiger partial charge >= 0.3 is 12.2 Å². The number of Topliss-reactive ketones (excluding diaryl/α,β-unsaturated/α-hetero) is 1. The van der Waals surface area contributed by atoms with E-state index in [9.17, 15) is 31.2 Å². The van der Waals surface area contributed by atoms with Crippen LogP contribution in [-0.4, -0.2) is 30.8 Å². The Hall–Kier alpha value is -3.36. The molecule has 0 saturated carbocycles. The molecule has 0 radical (unpaired) electrons. The van der Waals surface area contributed by atoms with Crippen molar-refractivity contribution in [3.63, 3.8) is 0 Å².